The molecule has 0 aliphatic heterocycles. The number of nitrogens with two attached hydrogens (primary N) is 1. The maximum atomic E-state index is 11.3. The number of carboxylic acids is 1. The third-order valence-electron chi connectivity index (χ3n) is 1.92. The lowest BCUT2D eigenvalue weighted by atomic mass is 9.96. The molecule has 0 aliphatic rings. The van der Waals surface area contributed by atoms with Gasteiger partial charge < -0.3 is 16.2 Å². The Labute approximate surface area is 83.0 Å². The van der Waals surface area contributed by atoms with Gasteiger partial charge in [0.25, 0.3) is 0 Å². The molecule has 0 radical (unpaired) electrons. The molecule has 0 aromatic rings. The molecule has 2 atom stereocenters. The van der Waals surface area contributed by atoms with E-state index in [9.17, 15) is 9.59 Å². The second-order valence-electron chi connectivity index (χ2n) is 3.02. The Morgan fingerprint density at radius 1 is 1.64 bits per heavy atom. The van der Waals surface area contributed by atoms with Gasteiger partial charge in [-0.15, -0.1) is 6.58 Å². The molecule has 80 valence electrons. The van der Waals surface area contributed by atoms with E-state index in [1.807, 2.05) is 0 Å². The number of aliphatic carboxylic acids is 1. The first-order chi connectivity index (χ1) is 6.52. The van der Waals surface area contributed by atoms with Crippen LogP contribution in [0.5, 0.6) is 0 Å². The Morgan fingerprint density at radius 3 is 2.57 bits per heavy atom. The van der Waals surface area contributed by atoms with E-state index in [0.29, 0.717) is 6.42 Å². The molecule has 0 fully saturated rings. The summed E-state index contributed by atoms with van der Waals surface area (Å²) in [5, 5.41) is 11.0. The maximum absolute atomic E-state index is 11.3. The fourth-order valence-corrected chi connectivity index (χ4v) is 1.12. The summed E-state index contributed by atoms with van der Waals surface area (Å²) < 4.78 is 0. The first-order valence-corrected chi connectivity index (χ1v) is 4.33. The molecule has 4 N–H and O–H groups in total. The average molecular weight is 200 g/mol. The standard InChI is InChI=1S/C9H16N2O3/c1-3-4-6(8(12)11-2)5-7(10)9(13)14/h3,6-7H,1,4-5,10H2,2H3,(H,11,12)(H,13,14)/t6?,7-/m0/s1. The quantitative estimate of drug-likeness (QED) is 0.514. The summed E-state index contributed by atoms with van der Waals surface area (Å²) in [6, 6.07) is -1.00. The van der Waals surface area contributed by atoms with Crippen LogP contribution in [-0.4, -0.2) is 30.1 Å². The van der Waals surface area contributed by atoms with Gasteiger partial charge in [-0.05, 0) is 12.8 Å². The molecule has 0 saturated carbocycles. The van der Waals surface area contributed by atoms with Crippen molar-refractivity contribution in [2.75, 3.05) is 7.05 Å². The normalized spacial score (nSPS) is 14.1. The SMILES string of the molecule is C=CCC(C[C@H](N)C(=O)O)C(=O)NC. The van der Waals surface area contributed by atoms with E-state index >= 15 is 0 Å². The summed E-state index contributed by atoms with van der Waals surface area (Å²) in [4.78, 5) is 21.7. The van der Waals surface area contributed by atoms with Gasteiger partial charge in [0.1, 0.15) is 6.04 Å². The summed E-state index contributed by atoms with van der Waals surface area (Å²) in [5.41, 5.74) is 5.33. The highest BCUT2D eigenvalue weighted by Gasteiger charge is 2.22. The fourth-order valence-electron chi connectivity index (χ4n) is 1.12. The van der Waals surface area contributed by atoms with Crippen molar-refractivity contribution in [3.63, 3.8) is 0 Å². The van der Waals surface area contributed by atoms with Gasteiger partial charge in [-0.25, -0.2) is 0 Å². The van der Waals surface area contributed by atoms with Gasteiger partial charge >= 0.3 is 5.97 Å². The van der Waals surface area contributed by atoms with Gasteiger partial charge in [-0.1, -0.05) is 6.08 Å². The molecule has 0 saturated heterocycles. The van der Waals surface area contributed by atoms with Crippen molar-refractivity contribution in [2.24, 2.45) is 11.7 Å². The van der Waals surface area contributed by atoms with Crippen LogP contribution >= 0.6 is 0 Å². The second-order valence-corrected chi connectivity index (χ2v) is 3.02. The van der Waals surface area contributed by atoms with E-state index in [1.54, 1.807) is 6.08 Å². The van der Waals surface area contributed by atoms with Crippen LogP contribution in [0, 0.1) is 5.92 Å². The number of carboxylic acid groups (broad SMARTS) is 1. The third-order valence-corrected chi connectivity index (χ3v) is 1.92. The molecular formula is C9H16N2O3. The highest BCUT2D eigenvalue weighted by atomic mass is 16.4. The van der Waals surface area contributed by atoms with Crippen molar-refractivity contribution >= 4 is 11.9 Å². The topological polar surface area (TPSA) is 92.4 Å². The molecule has 14 heavy (non-hydrogen) atoms. The Hall–Kier alpha value is -1.36. The van der Waals surface area contributed by atoms with E-state index in [-0.39, 0.29) is 12.3 Å². The molecule has 1 amide bonds. The molecule has 0 spiro atoms. The number of hydrogen-bond acceptors (Lipinski definition) is 3. The van der Waals surface area contributed by atoms with Crippen molar-refractivity contribution in [3.05, 3.63) is 12.7 Å². The predicted molar refractivity (Wildman–Crippen MR) is 52.6 cm³/mol. The molecule has 0 aromatic carbocycles. The van der Waals surface area contributed by atoms with Crippen molar-refractivity contribution in [2.45, 2.75) is 18.9 Å². The molecule has 0 rings (SSSR count). The molecular weight excluding hydrogens is 184 g/mol. The number of hydrogen-bond donors (Lipinski definition) is 3. The minimum atomic E-state index is -1.09. The Kier molecular flexibility index (Phi) is 5.55. The molecule has 0 aromatic heterocycles. The van der Waals surface area contributed by atoms with Crippen LogP contribution in [0.3, 0.4) is 0 Å². The van der Waals surface area contributed by atoms with E-state index in [4.69, 9.17) is 10.8 Å². The van der Waals surface area contributed by atoms with Crippen molar-refractivity contribution < 1.29 is 14.7 Å². The summed E-state index contributed by atoms with van der Waals surface area (Å²) in [7, 11) is 1.50. The predicted octanol–water partition coefficient (Wildman–Crippen LogP) is -0.273. The van der Waals surface area contributed by atoms with Crippen LogP contribution < -0.4 is 11.1 Å². The molecule has 0 bridgehead atoms. The van der Waals surface area contributed by atoms with Crippen LogP contribution in [0.1, 0.15) is 12.8 Å². The minimum absolute atomic E-state index is 0.126. The zero-order valence-electron chi connectivity index (χ0n) is 8.19. The van der Waals surface area contributed by atoms with E-state index in [2.05, 4.69) is 11.9 Å². The largest absolute Gasteiger partial charge is 0.480 e. The summed E-state index contributed by atoms with van der Waals surface area (Å²) in [6.45, 7) is 3.50. The van der Waals surface area contributed by atoms with Crippen molar-refractivity contribution in [3.8, 4) is 0 Å². The van der Waals surface area contributed by atoms with Crippen LogP contribution in [0.2, 0.25) is 0 Å². The monoisotopic (exact) mass is 200 g/mol. The molecule has 0 aliphatic carbocycles. The van der Waals surface area contributed by atoms with Gasteiger partial charge in [0.2, 0.25) is 5.91 Å². The molecule has 5 heteroatoms. The lowest BCUT2D eigenvalue weighted by Crippen LogP contribution is -2.37. The first kappa shape index (κ1) is 12.6. The average Bonchev–Trinajstić information content (AvgIpc) is 2.15. The number of amides is 1. The van der Waals surface area contributed by atoms with Gasteiger partial charge in [-0.2, -0.15) is 0 Å². The van der Waals surface area contributed by atoms with E-state index in [0.717, 1.165) is 0 Å². The molecule has 0 heterocycles. The second kappa shape index (κ2) is 6.15. The van der Waals surface area contributed by atoms with Crippen LogP contribution in [-0.2, 0) is 9.59 Å². The number of allylic oxidation sites excluding steroid dienone is 1. The lowest BCUT2D eigenvalue weighted by molar-refractivity contribution is -0.139. The van der Waals surface area contributed by atoms with Crippen LogP contribution in [0.15, 0.2) is 12.7 Å². The van der Waals surface area contributed by atoms with E-state index in [1.165, 1.54) is 7.05 Å². The number of carbonyl (C=O) groups excluding carboxylic acids is 1. The summed E-state index contributed by atoms with van der Waals surface area (Å²) in [5.74, 6) is -1.71. The van der Waals surface area contributed by atoms with Gasteiger partial charge in [0.15, 0.2) is 0 Å². The number of carbonyl (C=O) groups is 2. The smallest absolute Gasteiger partial charge is 0.320 e. The number of rotatable bonds is 6. The Bertz CT molecular complexity index is 228. The fraction of sp³-hybridized carbons (Fsp3) is 0.556. The van der Waals surface area contributed by atoms with Gasteiger partial charge in [0.05, 0.1) is 0 Å². The number of nitrogens with one attached hydrogen (secondary N) is 1. The Morgan fingerprint density at radius 2 is 2.21 bits per heavy atom. The zero-order valence-corrected chi connectivity index (χ0v) is 8.19. The third kappa shape index (κ3) is 4.04. The Balaban J connectivity index is 4.28. The minimum Gasteiger partial charge on any atom is -0.480 e. The first-order valence-electron chi connectivity index (χ1n) is 4.33. The molecule has 1 unspecified atom stereocenters. The maximum Gasteiger partial charge on any atom is 0.320 e. The summed E-state index contributed by atoms with van der Waals surface area (Å²) >= 11 is 0. The van der Waals surface area contributed by atoms with Crippen molar-refractivity contribution in [1.29, 1.82) is 0 Å². The highest BCUT2D eigenvalue weighted by molar-refractivity contribution is 5.80. The lowest BCUT2D eigenvalue weighted by Gasteiger charge is -2.15. The van der Waals surface area contributed by atoms with Crippen molar-refractivity contribution in [1.82, 2.24) is 5.32 Å². The van der Waals surface area contributed by atoms with E-state index < -0.39 is 17.9 Å². The van der Waals surface area contributed by atoms with Crippen LogP contribution in [0.4, 0.5) is 0 Å². The van der Waals surface area contributed by atoms with Crippen LogP contribution in [0.25, 0.3) is 0 Å². The summed E-state index contributed by atoms with van der Waals surface area (Å²) in [6.07, 6.45) is 2.14. The van der Waals surface area contributed by atoms with Gasteiger partial charge in [0, 0.05) is 13.0 Å². The molecule has 5 nitrogen and oxygen atoms in total. The van der Waals surface area contributed by atoms with Gasteiger partial charge in [-0.3, -0.25) is 9.59 Å². The highest BCUT2D eigenvalue weighted by Crippen LogP contribution is 2.11. The zero-order chi connectivity index (χ0) is 11.1.